The van der Waals surface area contributed by atoms with Crippen LogP contribution in [0.2, 0.25) is 0 Å². The van der Waals surface area contributed by atoms with Gasteiger partial charge in [-0.2, -0.15) is 0 Å². The molecular weight excluding hydrogens is 268 g/mol. The SMILES string of the molecule is CC(C)(C)OC(=O)N(CCC(N)=O)NC(=O)CNC=O. The first kappa shape index (κ1) is 17.7. The van der Waals surface area contributed by atoms with E-state index in [1.807, 2.05) is 0 Å². The van der Waals surface area contributed by atoms with Crippen LogP contribution in [0.3, 0.4) is 0 Å². The lowest BCUT2D eigenvalue weighted by Crippen LogP contribution is -2.51. The highest BCUT2D eigenvalue weighted by molar-refractivity contribution is 5.82. The summed E-state index contributed by atoms with van der Waals surface area (Å²) in [5.41, 5.74) is 6.45. The lowest BCUT2D eigenvalue weighted by atomic mass is 10.2. The number of carbonyl (C=O) groups is 4. The van der Waals surface area contributed by atoms with Crippen molar-refractivity contribution in [2.75, 3.05) is 13.1 Å². The third-order valence-corrected chi connectivity index (χ3v) is 1.80. The van der Waals surface area contributed by atoms with Gasteiger partial charge < -0.3 is 15.8 Å². The number of nitrogens with one attached hydrogen (secondary N) is 2. The minimum Gasteiger partial charge on any atom is -0.442 e. The third kappa shape index (κ3) is 8.72. The highest BCUT2D eigenvalue weighted by Crippen LogP contribution is 2.09. The lowest BCUT2D eigenvalue weighted by Gasteiger charge is -2.27. The summed E-state index contributed by atoms with van der Waals surface area (Å²) in [6, 6.07) is 0. The van der Waals surface area contributed by atoms with Gasteiger partial charge in [0, 0.05) is 6.42 Å². The molecule has 0 rings (SSSR count). The zero-order valence-electron chi connectivity index (χ0n) is 11.8. The second-order valence-corrected chi connectivity index (χ2v) is 4.88. The van der Waals surface area contributed by atoms with Crippen LogP contribution in [0.25, 0.3) is 0 Å². The molecule has 0 aliphatic carbocycles. The third-order valence-electron chi connectivity index (χ3n) is 1.80. The summed E-state index contributed by atoms with van der Waals surface area (Å²) < 4.78 is 5.07. The molecule has 0 heterocycles. The van der Waals surface area contributed by atoms with E-state index >= 15 is 0 Å². The molecule has 4 N–H and O–H groups in total. The van der Waals surface area contributed by atoms with Gasteiger partial charge >= 0.3 is 6.09 Å². The number of nitrogens with two attached hydrogens (primary N) is 1. The highest BCUT2D eigenvalue weighted by atomic mass is 16.6. The number of hydrogen-bond acceptors (Lipinski definition) is 5. The Labute approximate surface area is 116 Å². The van der Waals surface area contributed by atoms with Gasteiger partial charge in [0.15, 0.2) is 0 Å². The van der Waals surface area contributed by atoms with Crippen LogP contribution in [0.4, 0.5) is 4.79 Å². The van der Waals surface area contributed by atoms with E-state index in [0.717, 1.165) is 5.01 Å². The van der Waals surface area contributed by atoms with E-state index in [9.17, 15) is 19.2 Å². The molecule has 0 aliphatic heterocycles. The fourth-order valence-corrected chi connectivity index (χ4v) is 1.06. The first-order chi connectivity index (χ1) is 9.15. The van der Waals surface area contributed by atoms with Gasteiger partial charge in [-0.1, -0.05) is 0 Å². The quantitative estimate of drug-likeness (QED) is 0.420. The first-order valence-corrected chi connectivity index (χ1v) is 5.91. The van der Waals surface area contributed by atoms with E-state index in [1.54, 1.807) is 20.8 Å². The predicted molar refractivity (Wildman–Crippen MR) is 69.0 cm³/mol. The summed E-state index contributed by atoms with van der Waals surface area (Å²) in [7, 11) is 0. The van der Waals surface area contributed by atoms with Crippen molar-refractivity contribution in [1.82, 2.24) is 15.8 Å². The van der Waals surface area contributed by atoms with Crippen LogP contribution in [0.5, 0.6) is 0 Å². The molecule has 0 unspecified atom stereocenters. The Hall–Kier alpha value is -2.32. The Balaban J connectivity index is 4.62. The maximum Gasteiger partial charge on any atom is 0.429 e. The molecule has 0 atom stereocenters. The van der Waals surface area contributed by atoms with Crippen molar-refractivity contribution >= 4 is 24.3 Å². The van der Waals surface area contributed by atoms with E-state index in [-0.39, 0.29) is 19.5 Å². The number of rotatable bonds is 6. The molecule has 0 saturated heterocycles. The molecule has 0 saturated carbocycles. The van der Waals surface area contributed by atoms with Crippen molar-refractivity contribution < 1.29 is 23.9 Å². The number of ether oxygens (including phenoxy) is 1. The van der Waals surface area contributed by atoms with Gasteiger partial charge in [0.05, 0.1) is 13.1 Å². The zero-order valence-corrected chi connectivity index (χ0v) is 11.8. The van der Waals surface area contributed by atoms with Crippen LogP contribution in [0.1, 0.15) is 27.2 Å². The van der Waals surface area contributed by atoms with Crippen molar-refractivity contribution in [3.8, 4) is 0 Å². The second-order valence-electron chi connectivity index (χ2n) is 4.88. The van der Waals surface area contributed by atoms with Crippen LogP contribution in [0, 0.1) is 0 Å². The number of nitrogens with zero attached hydrogens (tertiary/aromatic N) is 1. The largest absolute Gasteiger partial charge is 0.442 e. The Kier molecular flexibility index (Phi) is 7.05. The molecule has 9 heteroatoms. The van der Waals surface area contributed by atoms with E-state index in [2.05, 4.69) is 10.7 Å². The molecule has 9 nitrogen and oxygen atoms in total. The Morgan fingerprint density at radius 1 is 1.30 bits per heavy atom. The lowest BCUT2D eigenvalue weighted by molar-refractivity contribution is -0.127. The van der Waals surface area contributed by atoms with Gasteiger partial charge in [-0.3, -0.25) is 19.8 Å². The van der Waals surface area contributed by atoms with Crippen LogP contribution in [-0.2, 0) is 19.1 Å². The van der Waals surface area contributed by atoms with Crippen LogP contribution >= 0.6 is 0 Å². The van der Waals surface area contributed by atoms with E-state index in [0.29, 0.717) is 6.41 Å². The molecule has 20 heavy (non-hydrogen) atoms. The fourth-order valence-electron chi connectivity index (χ4n) is 1.06. The molecule has 0 aromatic carbocycles. The first-order valence-electron chi connectivity index (χ1n) is 5.91. The summed E-state index contributed by atoms with van der Waals surface area (Å²) in [5, 5.41) is 2.98. The summed E-state index contributed by atoms with van der Waals surface area (Å²) >= 11 is 0. The topological polar surface area (TPSA) is 131 Å². The van der Waals surface area contributed by atoms with Gasteiger partial charge in [-0.25, -0.2) is 9.80 Å². The molecule has 4 amide bonds. The van der Waals surface area contributed by atoms with Gasteiger partial charge in [0.2, 0.25) is 12.3 Å². The van der Waals surface area contributed by atoms with Crippen molar-refractivity contribution in [2.24, 2.45) is 5.73 Å². The maximum atomic E-state index is 11.8. The van der Waals surface area contributed by atoms with Crippen molar-refractivity contribution in [3.63, 3.8) is 0 Å². The Bertz CT molecular complexity index is 377. The minimum absolute atomic E-state index is 0.128. The second kappa shape index (κ2) is 7.97. The van der Waals surface area contributed by atoms with Gasteiger partial charge in [-0.05, 0) is 20.8 Å². The molecule has 0 fully saturated rings. The average molecular weight is 288 g/mol. The molecule has 114 valence electrons. The molecule has 0 aromatic heterocycles. The van der Waals surface area contributed by atoms with Gasteiger partial charge in [0.25, 0.3) is 5.91 Å². The molecule has 0 bridgehead atoms. The summed E-state index contributed by atoms with van der Waals surface area (Å²) in [4.78, 5) is 44.1. The number of carbonyl (C=O) groups excluding carboxylic acids is 4. The molecular formula is C11H20N4O5. The normalized spacial score (nSPS) is 10.3. The number of primary amides is 1. The number of hydrazine groups is 1. The summed E-state index contributed by atoms with van der Waals surface area (Å²) in [5.74, 6) is -1.26. The molecule has 0 spiro atoms. The maximum absolute atomic E-state index is 11.8. The molecule has 0 radical (unpaired) electrons. The van der Waals surface area contributed by atoms with Crippen LogP contribution < -0.4 is 16.5 Å². The van der Waals surface area contributed by atoms with Crippen molar-refractivity contribution in [1.29, 1.82) is 0 Å². The zero-order chi connectivity index (χ0) is 15.8. The number of hydrogen-bond donors (Lipinski definition) is 3. The Morgan fingerprint density at radius 2 is 1.90 bits per heavy atom. The number of amides is 4. The van der Waals surface area contributed by atoms with Crippen LogP contribution in [-0.4, -0.2) is 48.0 Å². The molecule has 0 aromatic rings. The predicted octanol–water partition coefficient (Wildman–Crippen LogP) is -1.12. The minimum atomic E-state index is -0.821. The van der Waals surface area contributed by atoms with Crippen molar-refractivity contribution in [2.45, 2.75) is 32.8 Å². The highest BCUT2D eigenvalue weighted by Gasteiger charge is 2.23. The summed E-state index contributed by atoms with van der Waals surface area (Å²) in [6.45, 7) is 4.54. The fraction of sp³-hybridized carbons (Fsp3) is 0.636. The van der Waals surface area contributed by atoms with Crippen molar-refractivity contribution in [3.05, 3.63) is 0 Å². The van der Waals surface area contributed by atoms with E-state index in [1.165, 1.54) is 0 Å². The molecule has 0 aliphatic rings. The van der Waals surface area contributed by atoms with Gasteiger partial charge in [0.1, 0.15) is 5.60 Å². The average Bonchev–Trinajstić information content (AvgIpc) is 2.29. The van der Waals surface area contributed by atoms with Gasteiger partial charge in [-0.15, -0.1) is 0 Å². The van der Waals surface area contributed by atoms with E-state index in [4.69, 9.17) is 10.5 Å². The van der Waals surface area contributed by atoms with Crippen LogP contribution in [0.15, 0.2) is 0 Å². The smallest absolute Gasteiger partial charge is 0.429 e. The monoisotopic (exact) mass is 288 g/mol. The summed E-state index contributed by atoms with van der Waals surface area (Å²) in [6.07, 6.45) is -0.611. The van der Waals surface area contributed by atoms with E-state index < -0.39 is 23.5 Å². The standard InChI is InChI=1S/C11H20N4O5/c1-11(2,3)20-10(19)15(5-4-8(12)17)14-9(18)6-13-7-16/h7H,4-6H2,1-3H3,(H2,12,17)(H,13,16)(H,14,18). The Morgan fingerprint density at radius 3 is 2.35 bits per heavy atom.